The fraction of sp³-hybridized carbons (Fsp3) is 0. The van der Waals surface area contributed by atoms with Gasteiger partial charge >= 0.3 is 0 Å². The van der Waals surface area contributed by atoms with Gasteiger partial charge in [-0.05, 0) is 18.2 Å². The molecule has 0 aliphatic rings. The molecule has 0 aliphatic carbocycles. The van der Waals surface area contributed by atoms with Crippen molar-refractivity contribution in [2.45, 2.75) is 0 Å². The van der Waals surface area contributed by atoms with E-state index in [0.717, 1.165) is 25.8 Å². The lowest BCUT2D eigenvalue weighted by Gasteiger charge is -2.02. The Hall–Kier alpha value is -1.03. The van der Waals surface area contributed by atoms with Crippen molar-refractivity contribution in [3.8, 4) is 10.4 Å². The van der Waals surface area contributed by atoms with Crippen LogP contribution in [0.15, 0.2) is 30.6 Å². The van der Waals surface area contributed by atoms with Gasteiger partial charge in [-0.25, -0.2) is 4.98 Å². The highest BCUT2D eigenvalue weighted by atomic mass is 35.5. The second-order valence-corrected chi connectivity index (χ2v) is 5.45. The van der Waals surface area contributed by atoms with Crippen LogP contribution in [0.25, 0.3) is 21.5 Å². The number of hydrogen-bond acceptors (Lipinski definition) is 2. The molecule has 3 rings (SSSR count). The summed E-state index contributed by atoms with van der Waals surface area (Å²) in [6.45, 7) is 0. The summed E-state index contributed by atoms with van der Waals surface area (Å²) >= 11 is 13.6. The van der Waals surface area contributed by atoms with Crippen LogP contribution in [0.3, 0.4) is 0 Å². The molecule has 80 valence electrons. The molecule has 0 spiro atoms. The van der Waals surface area contributed by atoms with Crippen molar-refractivity contribution in [3.05, 3.63) is 40.0 Å². The van der Waals surface area contributed by atoms with E-state index in [-0.39, 0.29) is 0 Å². The Morgan fingerprint density at radius 2 is 2.06 bits per heavy atom. The number of H-pyrrole nitrogens is 1. The van der Waals surface area contributed by atoms with E-state index in [1.54, 1.807) is 6.20 Å². The van der Waals surface area contributed by atoms with Crippen molar-refractivity contribution >= 4 is 45.6 Å². The zero-order valence-corrected chi connectivity index (χ0v) is 10.3. The Labute approximate surface area is 106 Å². The van der Waals surface area contributed by atoms with Crippen molar-refractivity contribution in [1.82, 2.24) is 9.97 Å². The monoisotopic (exact) mass is 268 g/mol. The van der Waals surface area contributed by atoms with Crippen molar-refractivity contribution < 1.29 is 0 Å². The summed E-state index contributed by atoms with van der Waals surface area (Å²) in [5.74, 6) is 0. The van der Waals surface area contributed by atoms with E-state index in [1.807, 2.05) is 24.4 Å². The second kappa shape index (κ2) is 3.77. The molecule has 0 unspecified atom stereocenters. The van der Waals surface area contributed by atoms with Crippen LogP contribution in [0.5, 0.6) is 0 Å². The summed E-state index contributed by atoms with van der Waals surface area (Å²) in [6, 6.07) is 5.81. The summed E-state index contributed by atoms with van der Waals surface area (Å²) in [4.78, 5) is 8.34. The third kappa shape index (κ3) is 1.52. The SMILES string of the molecule is Clc1ccc(-c2c(Cl)cnc3[nH]ccc23)s1. The minimum absolute atomic E-state index is 0.644. The Kier molecular flexibility index (Phi) is 2.39. The minimum atomic E-state index is 0.644. The Morgan fingerprint density at radius 3 is 2.81 bits per heavy atom. The molecule has 0 aromatic carbocycles. The molecule has 3 aromatic heterocycles. The van der Waals surface area contributed by atoms with Crippen molar-refractivity contribution in [2.75, 3.05) is 0 Å². The first-order chi connectivity index (χ1) is 7.75. The average Bonchev–Trinajstić information content (AvgIpc) is 2.86. The molecule has 0 bridgehead atoms. The zero-order chi connectivity index (χ0) is 11.1. The number of nitrogens with one attached hydrogen (secondary N) is 1. The molecule has 0 saturated heterocycles. The van der Waals surface area contributed by atoms with Gasteiger partial charge in [-0.2, -0.15) is 0 Å². The highest BCUT2D eigenvalue weighted by Crippen LogP contribution is 2.38. The molecule has 5 heteroatoms. The fourth-order valence-corrected chi connectivity index (χ4v) is 3.11. The van der Waals surface area contributed by atoms with Gasteiger partial charge in [0.05, 0.1) is 9.36 Å². The number of rotatable bonds is 1. The summed E-state index contributed by atoms with van der Waals surface area (Å²) < 4.78 is 0.756. The predicted molar refractivity (Wildman–Crippen MR) is 69.4 cm³/mol. The largest absolute Gasteiger partial charge is 0.346 e. The number of thiophene rings is 1. The Morgan fingerprint density at radius 1 is 1.19 bits per heavy atom. The lowest BCUT2D eigenvalue weighted by Crippen LogP contribution is -1.81. The summed E-state index contributed by atoms with van der Waals surface area (Å²) in [6.07, 6.45) is 3.51. The highest BCUT2D eigenvalue weighted by Gasteiger charge is 2.12. The number of halogens is 2. The van der Waals surface area contributed by atoms with E-state index in [0.29, 0.717) is 5.02 Å². The van der Waals surface area contributed by atoms with Crippen LogP contribution in [0.2, 0.25) is 9.36 Å². The first-order valence-electron chi connectivity index (χ1n) is 4.63. The number of hydrogen-bond donors (Lipinski definition) is 1. The first kappa shape index (κ1) is 10.1. The molecular weight excluding hydrogens is 263 g/mol. The van der Waals surface area contributed by atoms with Crippen LogP contribution in [-0.4, -0.2) is 9.97 Å². The van der Waals surface area contributed by atoms with E-state index in [9.17, 15) is 0 Å². The molecule has 16 heavy (non-hydrogen) atoms. The average molecular weight is 269 g/mol. The fourth-order valence-electron chi connectivity index (χ4n) is 1.68. The quantitative estimate of drug-likeness (QED) is 0.687. The molecule has 0 amide bonds. The van der Waals surface area contributed by atoms with Gasteiger partial charge in [0.15, 0.2) is 0 Å². The number of aromatic nitrogens is 2. The van der Waals surface area contributed by atoms with Crippen LogP contribution >= 0.6 is 34.5 Å². The summed E-state index contributed by atoms with van der Waals surface area (Å²) in [5, 5.41) is 1.66. The molecule has 0 atom stereocenters. The van der Waals surface area contributed by atoms with Crippen LogP contribution in [0.4, 0.5) is 0 Å². The topological polar surface area (TPSA) is 28.7 Å². The molecule has 2 nitrogen and oxygen atoms in total. The lowest BCUT2D eigenvalue weighted by atomic mass is 10.1. The normalized spacial score (nSPS) is 11.1. The van der Waals surface area contributed by atoms with Gasteiger partial charge in [-0.15, -0.1) is 11.3 Å². The standard InChI is InChI=1S/C11H6Cl2N2S/c12-7-5-15-11-6(3-4-14-11)10(7)8-1-2-9(13)16-8/h1-5H,(H,14,15). The molecule has 0 aliphatic heterocycles. The summed E-state index contributed by atoms with van der Waals surface area (Å²) in [5.41, 5.74) is 1.83. The van der Waals surface area contributed by atoms with E-state index < -0.39 is 0 Å². The van der Waals surface area contributed by atoms with E-state index in [2.05, 4.69) is 9.97 Å². The summed E-state index contributed by atoms with van der Waals surface area (Å²) in [7, 11) is 0. The van der Waals surface area contributed by atoms with Gasteiger partial charge < -0.3 is 4.98 Å². The third-order valence-electron chi connectivity index (χ3n) is 2.36. The molecule has 0 fully saturated rings. The van der Waals surface area contributed by atoms with Gasteiger partial charge in [-0.1, -0.05) is 23.2 Å². The van der Waals surface area contributed by atoms with Crippen LogP contribution in [-0.2, 0) is 0 Å². The van der Waals surface area contributed by atoms with Crippen molar-refractivity contribution in [1.29, 1.82) is 0 Å². The third-order valence-corrected chi connectivity index (χ3v) is 3.90. The van der Waals surface area contributed by atoms with Crippen LogP contribution < -0.4 is 0 Å². The van der Waals surface area contributed by atoms with Crippen molar-refractivity contribution in [3.63, 3.8) is 0 Å². The van der Waals surface area contributed by atoms with Gasteiger partial charge in [0.2, 0.25) is 0 Å². The molecule has 3 heterocycles. The van der Waals surface area contributed by atoms with Gasteiger partial charge in [-0.3, -0.25) is 0 Å². The number of nitrogens with zero attached hydrogens (tertiary/aromatic N) is 1. The maximum atomic E-state index is 6.19. The molecular formula is C11H6Cl2N2S. The van der Waals surface area contributed by atoms with Crippen LogP contribution in [0.1, 0.15) is 0 Å². The van der Waals surface area contributed by atoms with Gasteiger partial charge in [0.25, 0.3) is 0 Å². The molecule has 0 radical (unpaired) electrons. The minimum Gasteiger partial charge on any atom is -0.346 e. The molecule has 0 saturated carbocycles. The molecule has 1 N–H and O–H groups in total. The second-order valence-electron chi connectivity index (χ2n) is 3.32. The van der Waals surface area contributed by atoms with E-state index in [1.165, 1.54) is 11.3 Å². The van der Waals surface area contributed by atoms with E-state index >= 15 is 0 Å². The van der Waals surface area contributed by atoms with Crippen LogP contribution in [0, 0.1) is 0 Å². The maximum absolute atomic E-state index is 6.19. The van der Waals surface area contributed by atoms with Crippen molar-refractivity contribution in [2.24, 2.45) is 0 Å². The Balaban J connectivity index is 2.36. The number of fused-ring (bicyclic) bond motifs is 1. The number of pyridine rings is 1. The number of aromatic amines is 1. The van der Waals surface area contributed by atoms with Gasteiger partial charge in [0.1, 0.15) is 5.65 Å². The predicted octanol–water partition coefficient (Wildman–Crippen LogP) is 4.60. The lowest BCUT2D eigenvalue weighted by molar-refractivity contribution is 1.33. The van der Waals surface area contributed by atoms with Gasteiger partial charge in [0, 0.05) is 28.2 Å². The maximum Gasteiger partial charge on any atom is 0.137 e. The van der Waals surface area contributed by atoms with E-state index in [4.69, 9.17) is 23.2 Å². The Bertz CT molecular complexity index is 657. The highest BCUT2D eigenvalue weighted by molar-refractivity contribution is 7.19. The zero-order valence-electron chi connectivity index (χ0n) is 8.00. The first-order valence-corrected chi connectivity index (χ1v) is 6.20. The molecule has 3 aromatic rings. The smallest absolute Gasteiger partial charge is 0.137 e.